The van der Waals surface area contributed by atoms with Crippen molar-refractivity contribution in [1.82, 2.24) is 14.5 Å². The van der Waals surface area contributed by atoms with Crippen LogP contribution in [-0.2, 0) is 15.8 Å². The van der Waals surface area contributed by atoms with Crippen molar-refractivity contribution in [2.24, 2.45) is 0 Å². The summed E-state index contributed by atoms with van der Waals surface area (Å²) >= 11 is 0. The van der Waals surface area contributed by atoms with E-state index in [0.717, 1.165) is 22.6 Å². The number of anilines is 1. The van der Waals surface area contributed by atoms with Gasteiger partial charge in [-0.1, -0.05) is 29.8 Å². The highest BCUT2D eigenvalue weighted by molar-refractivity contribution is 7.88. The summed E-state index contributed by atoms with van der Waals surface area (Å²) in [7, 11) is -3.29. The fraction of sp³-hybridized carbons (Fsp3) is 0.474. The van der Waals surface area contributed by atoms with Crippen LogP contribution < -0.4 is 4.90 Å². The predicted molar refractivity (Wildman–Crippen MR) is 102 cm³/mol. The molecule has 0 radical (unpaired) electrons. The van der Waals surface area contributed by atoms with Crippen LogP contribution in [0.25, 0.3) is 0 Å². The van der Waals surface area contributed by atoms with Crippen LogP contribution in [0.5, 0.6) is 0 Å². The predicted octanol–water partition coefficient (Wildman–Crippen LogP) is 2.31. The molecule has 2 heterocycles. The van der Waals surface area contributed by atoms with Gasteiger partial charge in [-0.15, -0.1) is 5.10 Å². The molecule has 4 rings (SSSR count). The van der Waals surface area contributed by atoms with Crippen LogP contribution in [-0.4, -0.2) is 49.1 Å². The Kier molecular flexibility index (Phi) is 4.67. The van der Waals surface area contributed by atoms with Crippen LogP contribution in [0.3, 0.4) is 0 Å². The lowest BCUT2D eigenvalue weighted by Crippen LogP contribution is -2.49. The minimum absolute atomic E-state index is 0.0587. The van der Waals surface area contributed by atoms with Crippen molar-refractivity contribution in [1.29, 1.82) is 0 Å². The summed E-state index contributed by atoms with van der Waals surface area (Å²) in [4.78, 5) is 2.11. The molecular formula is C19H24N4O2S. The molecule has 2 aliphatic rings. The summed E-state index contributed by atoms with van der Waals surface area (Å²) in [5, 5.41) is 8.66. The molecule has 1 aromatic heterocycles. The Labute approximate surface area is 154 Å². The van der Waals surface area contributed by atoms with Crippen LogP contribution >= 0.6 is 0 Å². The highest BCUT2D eigenvalue weighted by atomic mass is 32.2. The third-order valence-corrected chi connectivity index (χ3v) is 6.94. The van der Waals surface area contributed by atoms with Crippen molar-refractivity contribution >= 4 is 15.8 Å². The van der Waals surface area contributed by atoms with E-state index in [0.29, 0.717) is 32.1 Å². The van der Waals surface area contributed by atoms with Gasteiger partial charge in [-0.05, 0) is 37.5 Å². The normalized spacial score (nSPS) is 18.9. The first-order valence-electron chi connectivity index (χ1n) is 9.13. The zero-order chi connectivity index (χ0) is 18.1. The molecule has 1 aliphatic heterocycles. The second kappa shape index (κ2) is 6.96. The number of benzene rings is 1. The molecule has 0 bridgehead atoms. The number of aromatic nitrogens is 2. The van der Waals surface area contributed by atoms with Crippen LogP contribution in [0.4, 0.5) is 5.82 Å². The van der Waals surface area contributed by atoms with Gasteiger partial charge in [0, 0.05) is 32.1 Å². The minimum Gasteiger partial charge on any atom is -0.352 e. The molecule has 0 amide bonds. The van der Waals surface area contributed by atoms with Gasteiger partial charge in [-0.3, -0.25) is 0 Å². The largest absolute Gasteiger partial charge is 0.352 e. The summed E-state index contributed by atoms with van der Waals surface area (Å²) in [5.74, 6) is 1.49. The van der Waals surface area contributed by atoms with Crippen LogP contribution in [0, 0.1) is 6.92 Å². The smallest absolute Gasteiger partial charge is 0.218 e. The van der Waals surface area contributed by atoms with Gasteiger partial charge in [0.15, 0.2) is 5.82 Å². The van der Waals surface area contributed by atoms with Gasteiger partial charge in [0.05, 0.1) is 11.4 Å². The summed E-state index contributed by atoms with van der Waals surface area (Å²) in [6, 6.07) is 11.7. The molecule has 7 heteroatoms. The van der Waals surface area contributed by atoms with Gasteiger partial charge in [0.1, 0.15) is 0 Å². The van der Waals surface area contributed by atoms with Gasteiger partial charge in [-0.2, -0.15) is 9.40 Å². The molecule has 1 saturated carbocycles. The van der Waals surface area contributed by atoms with E-state index in [2.05, 4.69) is 21.2 Å². The van der Waals surface area contributed by atoms with E-state index >= 15 is 0 Å². The van der Waals surface area contributed by atoms with Crippen molar-refractivity contribution in [3.63, 3.8) is 0 Å². The average molecular weight is 372 g/mol. The molecule has 0 N–H and O–H groups in total. The third-order valence-electron chi connectivity index (χ3n) is 5.09. The van der Waals surface area contributed by atoms with Gasteiger partial charge in [-0.25, -0.2) is 8.42 Å². The number of hydrogen-bond donors (Lipinski definition) is 0. The number of nitrogens with zero attached hydrogens (tertiary/aromatic N) is 4. The number of aryl methyl sites for hydroxylation is 1. The first-order chi connectivity index (χ1) is 12.5. The Morgan fingerprint density at radius 2 is 1.65 bits per heavy atom. The molecule has 0 unspecified atom stereocenters. The summed E-state index contributed by atoms with van der Waals surface area (Å²) in [5.41, 5.74) is 3.04. The molecule has 2 aromatic rings. The van der Waals surface area contributed by atoms with Crippen molar-refractivity contribution in [3.8, 4) is 0 Å². The standard InChI is InChI=1S/C19H24N4O2S/c1-15-2-4-16(5-3-15)14-26(24,25)23-12-10-22(11-13-23)19-9-8-18(20-21-19)17-6-7-17/h2-5,8-9,17H,6-7,10-14H2,1H3. The van der Waals surface area contributed by atoms with Gasteiger partial charge in [0.25, 0.3) is 0 Å². The first kappa shape index (κ1) is 17.4. The SMILES string of the molecule is Cc1ccc(CS(=O)(=O)N2CCN(c3ccc(C4CC4)nn3)CC2)cc1. The molecule has 6 nitrogen and oxygen atoms in total. The fourth-order valence-corrected chi connectivity index (χ4v) is 4.80. The van der Waals surface area contributed by atoms with Gasteiger partial charge >= 0.3 is 0 Å². The summed E-state index contributed by atoms with van der Waals surface area (Å²) in [6.45, 7) is 4.26. The molecule has 0 spiro atoms. The first-order valence-corrected chi connectivity index (χ1v) is 10.7. The monoisotopic (exact) mass is 372 g/mol. The van der Waals surface area contributed by atoms with Crippen molar-refractivity contribution in [2.75, 3.05) is 31.1 Å². The second-order valence-corrected chi connectivity index (χ2v) is 9.19. The Morgan fingerprint density at radius 3 is 2.23 bits per heavy atom. The number of sulfonamides is 1. The van der Waals surface area contributed by atoms with Gasteiger partial charge < -0.3 is 4.90 Å². The maximum atomic E-state index is 12.7. The van der Waals surface area contributed by atoms with Crippen LogP contribution in [0.15, 0.2) is 36.4 Å². The van der Waals surface area contributed by atoms with E-state index in [1.165, 1.54) is 12.8 Å². The molecule has 1 aromatic carbocycles. The van der Waals surface area contributed by atoms with E-state index in [1.807, 2.05) is 37.3 Å². The lowest BCUT2D eigenvalue weighted by molar-refractivity contribution is 0.383. The Hall–Kier alpha value is -1.99. The number of piperazine rings is 1. The highest BCUT2D eigenvalue weighted by Gasteiger charge is 2.29. The molecular weight excluding hydrogens is 348 g/mol. The summed E-state index contributed by atoms with van der Waals surface area (Å²) < 4.78 is 27.0. The van der Waals surface area contributed by atoms with Crippen LogP contribution in [0.1, 0.15) is 35.6 Å². The molecule has 26 heavy (non-hydrogen) atoms. The second-order valence-electron chi connectivity index (χ2n) is 7.22. The Balaban J connectivity index is 1.36. The van der Waals surface area contributed by atoms with E-state index in [9.17, 15) is 8.42 Å². The van der Waals surface area contributed by atoms with E-state index in [1.54, 1.807) is 4.31 Å². The molecule has 2 fully saturated rings. The van der Waals surface area contributed by atoms with Crippen molar-refractivity contribution in [2.45, 2.75) is 31.4 Å². The third kappa shape index (κ3) is 3.88. The lowest BCUT2D eigenvalue weighted by atomic mass is 10.2. The van der Waals surface area contributed by atoms with E-state index in [-0.39, 0.29) is 5.75 Å². The number of hydrogen-bond acceptors (Lipinski definition) is 5. The number of rotatable bonds is 5. The Morgan fingerprint density at radius 1 is 0.962 bits per heavy atom. The maximum absolute atomic E-state index is 12.7. The quantitative estimate of drug-likeness (QED) is 0.806. The topological polar surface area (TPSA) is 66.4 Å². The molecule has 0 atom stereocenters. The molecule has 1 aliphatic carbocycles. The molecule has 138 valence electrons. The zero-order valence-electron chi connectivity index (χ0n) is 15.0. The zero-order valence-corrected chi connectivity index (χ0v) is 15.8. The summed E-state index contributed by atoms with van der Waals surface area (Å²) in [6.07, 6.45) is 2.43. The van der Waals surface area contributed by atoms with Crippen molar-refractivity contribution < 1.29 is 8.42 Å². The Bertz CT molecular complexity index is 853. The maximum Gasteiger partial charge on any atom is 0.218 e. The van der Waals surface area contributed by atoms with Crippen molar-refractivity contribution in [3.05, 3.63) is 53.2 Å². The van der Waals surface area contributed by atoms with Crippen LogP contribution in [0.2, 0.25) is 0 Å². The highest BCUT2D eigenvalue weighted by Crippen LogP contribution is 2.38. The molecule has 1 saturated heterocycles. The lowest BCUT2D eigenvalue weighted by Gasteiger charge is -2.34. The van der Waals surface area contributed by atoms with E-state index < -0.39 is 10.0 Å². The van der Waals surface area contributed by atoms with E-state index in [4.69, 9.17) is 0 Å². The van der Waals surface area contributed by atoms with Gasteiger partial charge in [0.2, 0.25) is 10.0 Å². The average Bonchev–Trinajstić information content (AvgIpc) is 3.49. The fourth-order valence-electron chi connectivity index (χ4n) is 3.28. The minimum atomic E-state index is -3.29.